The van der Waals surface area contributed by atoms with Gasteiger partial charge in [0.05, 0.1) is 25.3 Å². The highest BCUT2D eigenvalue weighted by Crippen LogP contribution is 2.26. The van der Waals surface area contributed by atoms with Gasteiger partial charge in [-0.3, -0.25) is 4.79 Å². The maximum atomic E-state index is 13.0. The van der Waals surface area contributed by atoms with Crippen LogP contribution in [-0.2, 0) is 0 Å². The number of hydrogen-bond donors (Lipinski definition) is 0. The van der Waals surface area contributed by atoms with Gasteiger partial charge >= 0.3 is 5.97 Å². The fourth-order valence-corrected chi connectivity index (χ4v) is 2.71. The number of carbonyl (C=O) groups is 2. The molecule has 0 spiro atoms. The second-order valence-electron chi connectivity index (χ2n) is 6.20. The predicted molar refractivity (Wildman–Crippen MR) is 111 cm³/mol. The number of rotatable bonds is 7. The summed E-state index contributed by atoms with van der Waals surface area (Å²) in [7, 11) is 3.00. The molecule has 30 heavy (non-hydrogen) atoms. The zero-order valence-corrected chi connectivity index (χ0v) is 16.4. The van der Waals surface area contributed by atoms with Crippen molar-refractivity contribution in [3.05, 3.63) is 95.3 Å². The van der Waals surface area contributed by atoms with Crippen molar-refractivity contribution in [2.24, 2.45) is 0 Å². The number of hydrogen-bond acceptors (Lipinski definition) is 5. The zero-order chi connectivity index (χ0) is 21.5. The van der Waals surface area contributed by atoms with E-state index < -0.39 is 11.8 Å². The summed E-state index contributed by atoms with van der Waals surface area (Å²) in [6.07, 6.45) is 2.92. The molecule has 152 valence electrons. The van der Waals surface area contributed by atoms with Crippen molar-refractivity contribution in [3.63, 3.8) is 0 Å². The van der Waals surface area contributed by atoms with Gasteiger partial charge < -0.3 is 14.2 Å². The van der Waals surface area contributed by atoms with E-state index in [4.69, 9.17) is 14.2 Å². The molecule has 0 unspecified atom stereocenters. The Morgan fingerprint density at radius 2 is 1.60 bits per heavy atom. The molecular formula is C24H19FO5. The van der Waals surface area contributed by atoms with Crippen LogP contribution in [0.2, 0.25) is 0 Å². The van der Waals surface area contributed by atoms with E-state index in [-0.39, 0.29) is 17.1 Å². The molecule has 3 aromatic carbocycles. The van der Waals surface area contributed by atoms with Crippen LogP contribution in [0.15, 0.2) is 72.8 Å². The largest absolute Gasteiger partial charge is 0.497 e. The highest BCUT2D eigenvalue weighted by atomic mass is 19.1. The number of ether oxygens (including phenoxy) is 3. The van der Waals surface area contributed by atoms with E-state index in [9.17, 15) is 14.0 Å². The first kappa shape index (κ1) is 20.8. The molecule has 0 fully saturated rings. The van der Waals surface area contributed by atoms with Crippen molar-refractivity contribution < 1.29 is 28.2 Å². The maximum Gasteiger partial charge on any atom is 0.343 e. The van der Waals surface area contributed by atoms with Crippen LogP contribution < -0.4 is 14.2 Å². The topological polar surface area (TPSA) is 61.8 Å². The maximum absolute atomic E-state index is 13.0. The Balaban J connectivity index is 1.80. The van der Waals surface area contributed by atoms with E-state index in [1.165, 1.54) is 44.6 Å². The van der Waals surface area contributed by atoms with Crippen molar-refractivity contribution in [2.45, 2.75) is 0 Å². The average Bonchev–Trinajstić information content (AvgIpc) is 2.78. The van der Waals surface area contributed by atoms with Crippen molar-refractivity contribution >= 4 is 17.8 Å². The first-order chi connectivity index (χ1) is 14.5. The lowest BCUT2D eigenvalue weighted by molar-refractivity contribution is 0.0734. The van der Waals surface area contributed by atoms with Gasteiger partial charge in [0, 0.05) is 11.6 Å². The van der Waals surface area contributed by atoms with Crippen LogP contribution in [0.1, 0.15) is 26.3 Å². The Kier molecular flexibility index (Phi) is 6.60. The number of halogens is 1. The minimum atomic E-state index is -0.626. The lowest BCUT2D eigenvalue weighted by atomic mass is 10.1. The minimum Gasteiger partial charge on any atom is -0.497 e. The van der Waals surface area contributed by atoms with Gasteiger partial charge in [-0.2, -0.15) is 0 Å². The molecule has 0 aliphatic carbocycles. The van der Waals surface area contributed by atoms with Crippen LogP contribution >= 0.6 is 0 Å². The van der Waals surface area contributed by atoms with Gasteiger partial charge in [-0.25, -0.2) is 9.18 Å². The second kappa shape index (κ2) is 9.52. The van der Waals surface area contributed by atoms with Gasteiger partial charge in [-0.1, -0.05) is 18.2 Å². The van der Waals surface area contributed by atoms with E-state index in [1.54, 1.807) is 48.5 Å². The van der Waals surface area contributed by atoms with Crippen molar-refractivity contribution in [3.8, 4) is 17.2 Å². The van der Waals surface area contributed by atoms with Crippen molar-refractivity contribution in [2.75, 3.05) is 14.2 Å². The number of carbonyl (C=O) groups excluding carboxylic acids is 2. The summed E-state index contributed by atoms with van der Waals surface area (Å²) in [4.78, 5) is 25.0. The van der Waals surface area contributed by atoms with Gasteiger partial charge in [0.25, 0.3) is 0 Å². The molecular weight excluding hydrogens is 387 g/mol. The van der Waals surface area contributed by atoms with E-state index in [0.29, 0.717) is 22.6 Å². The summed E-state index contributed by atoms with van der Waals surface area (Å²) >= 11 is 0. The number of esters is 1. The van der Waals surface area contributed by atoms with Crippen LogP contribution in [0.3, 0.4) is 0 Å². The Morgan fingerprint density at radius 3 is 2.30 bits per heavy atom. The summed E-state index contributed by atoms with van der Waals surface area (Å²) < 4.78 is 28.9. The van der Waals surface area contributed by atoms with Crippen molar-refractivity contribution in [1.82, 2.24) is 0 Å². The van der Waals surface area contributed by atoms with Gasteiger partial charge in [0.15, 0.2) is 5.78 Å². The van der Waals surface area contributed by atoms with Crippen LogP contribution in [0.5, 0.6) is 17.2 Å². The van der Waals surface area contributed by atoms with Gasteiger partial charge in [-0.05, 0) is 54.6 Å². The van der Waals surface area contributed by atoms with Crippen molar-refractivity contribution in [1.29, 1.82) is 0 Å². The molecule has 0 atom stereocenters. The summed E-state index contributed by atoms with van der Waals surface area (Å²) in [5, 5.41) is 0. The minimum absolute atomic E-state index is 0.217. The number of ketones is 1. The molecule has 0 heterocycles. The highest BCUT2D eigenvalue weighted by Gasteiger charge is 2.13. The molecule has 0 saturated carbocycles. The highest BCUT2D eigenvalue weighted by molar-refractivity contribution is 6.09. The first-order valence-electron chi connectivity index (χ1n) is 9.03. The zero-order valence-electron chi connectivity index (χ0n) is 16.4. The molecule has 6 heteroatoms. The van der Waals surface area contributed by atoms with E-state index in [1.807, 2.05) is 0 Å². The lowest BCUT2D eigenvalue weighted by Gasteiger charge is -2.09. The molecule has 3 rings (SSSR count). The Labute approximate surface area is 173 Å². The van der Waals surface area contributed by atoms with E-state index in [2.05, 4.69) is 0 Å². The molecule has 0 aromatic heterocycles. The monoisotopic (exact) mass is 406 g/mol. The lowest BCUT2D eigenvalue weighted by Crippen LogP contribution is -2.09. The Bertz CT molecular complexity index is 1090. The molecule has 0 N–H and O–H groups in total. The van der Waals surface area contributed by atoms with Crippen LogP contribution in [0.25, 0.3) is 6.08 Å². The SMILES string of the molecule is COc1ccc(C(=O)/C=C/c2ccccc2OC(=O)c2ccc(F)cc2)c(OC)c1. The Hall–Kier alpha value is -3.93. The number of para-hydroxylation sites is 1. The summed E-state index contributed by atoms with van der Waals surface area (Å²) in [6.45, 7) is 0. The third-order valence-electron chi connectivity index (χ3n) is 4.29. The Morgan fingerprint density at radius 1 is 0.867 bits per heavy atom. The summed E-state index contributed by atoms with van der Waals surface area (Å²) in [5.74, 6) is -0.112. The first-order valence-corrected chi connectivity index (χ1v) is 9.03. The smallest absolute Gasteiger partial charge is 0.343 e. The number of methoxy groups -OCH3 is 2. The molecule has 0 radical (unpaired) electrons. The predicted octanol–water partition coefficient (Wildman–Crippen LogP) is 4.96. The van der Waals surface area contributed by atoms with Crippen LogP contribution in [0, 0.1) is 5.82 Å². The molecule has 0 amide bonds. The van der Waals surface area contributed by atoms with Gasteiger partial charge in [0.2, 0.25) is 0 Å². The molecule has 0 bridgehead atoms. The normalized spacial score (nSPS) is 10.6. The number of benzene rings is 3. The summed E-state index contributed by atoms with van der Waals surface area (Å²) in [5.41, 5.74) is 1.12. The fraction of sp³-hybridized carbons (Fsp3) is 0.0833. The molecule has 5 nitrogen and oxygen atoms in total. The molecule has 0 aliphatic rings. The quantitative estimate of drug-likeness (QED) is 0.240. The standard InChI is InChI=1S/C24H19FO5/c1-28-19-12-13-20(23(15-19)29-2)21(26)14-9-16-5-3-4-6-22(16)30-24(27)17-7-10-18(25)11-8-17/h3-15H,1-2H3/b14-9+. The third kappa shape index (κ3) is 4.91. The van der Waals surface area contributed by atoms with Gasteiger partial charge in [0.1, 0.15) is 23.1 Å². The molecule has 3 aromatic rings. The van der Waals surface area contributed by atoms with Crippen LogP contribution in [0.4, 0.5) is 4.39 Å². The fourth-order valence-electron chi connectivity index (χ4n) is 2.71. The number of allylic oxidation sites excluding steroid dienone is 1. The third-order valence-corrected chi connectivity index (χ3v) is 4.29. The molecule has 0 saturated heterocycles. The van der Waals surface area contributed by atoms with Crippen LogP contribution in [-0.4, -0.2) is 26.0 Å². The molecule has 0 aliphatic heterocycles. The van der Waals surface area contributed by atoms with Gasteiger partial charge in [-0.15, -0.1) is 0 Å². The van der Waals surface area contributed by atoms with E-state index >= 15 is 0 Å². The van der Waals surface area contributed by atoms with E-state index in [0.717, 1.165) is 0 Å². The summed E-state index contributed by atoms with van der Waals surface area (Å²) in [6, 6.07) is 16.7. The average molecular weight is 406 g/mol. The second-order valence-corrected chi connectivity index (χ2v) is 6.20.